The van der Waals surface area contributed by atoms with E-state index in [4.69, 9.17) is 5.11 Å². The predicted octanol–water partition coefficient (Wildman–Crippen LogP) is 3.56. The van der Waals surface area contributed by atoms with Crippen molar-refractivity contribution in [3.63, 3.8) is 0 Å². The van der Waals surface area contributed by atoms with Crippen molar-refractivity contribution in [3.8, 4) is 11.4 Å². The van der Waals surface area contributed by atoms with E-state index in [1.807, 2.05) is 17.7 Å². The van der Waals surface area contributed by atoms with E-state index in [9.17, 15) is 4.79 Å². The Hall–Kier alpha value is -2.62. The van der Waals surface area contributed by atoms with E-state index in [1.54, 1.807) is 18.2 Å². The third-order valence-electron chi connectivity index (χ3n) is 3.89. The molecule has 0 fully saturated rings. The van der Waals surface area contributed by atoms with E-state index >= 15 is 0 Å². The number of rotatable bonds is 2. The Labute approximate surface area is 122 Å². The smallest absolute Gasteiger partial charge is 0.335 e. The van der Waals surface area contributed by atoms with Gasteiger partial charge in [-0.1, -0.05) is 12.1 Å². The van der Waals surface area contributed by atoms with E-state index in [0.29, 0.717) is 5.52 Å². The van der Waals surface area contributed by atoms with Gasteiger partial charge in [0.2, 0.25) is 0 Å². The van der Waals surface area contributed by atoms with Gasteiger partial charge in [-0.25, -0.2) is 9.78 Å². The van der Waals surface area contributed by atoms with E-state index < -0.39 is 5.97 Å². The molecule has 0 saturated carbocycles. The molecule has 0 saturated heterocycles. The number of carboxylic acid groups (broad SMARTS) is 1. The van der Waals surface area contributed by atoms with Crippen molar-refractivity contribution in [3.05, 3.63) is 53.1 Å². The highest BCUT2D eigenvalue weighted by atomic mass is 16.4. The van der Waals surface area contributed by atoms with Crippen molar-refractivity contribution in [1.82, 2.24) is 9.55 Å². The zero-order valence-corrected chi connectivity index (χ0v) is 12.2. The van der Waals surface area contributed by atoms with Crippen molar-refractivity contribution >= 4 is 17.0 Å². The van der Waals surface area contributed by atoms with Crippen LogP contribution in [0.4, 0.5) is 0 Å². The third-order valence-corrected chi connectivity index (χ3v) is 3.89. The molecule has 3 rings (SSSR count). The number of aryl methyl sites for hydroxylation is 3. The summed E-state index contributed by atoms with van der Waals surface area (Å²) >= 11 is 0. The lowest BCUT2D eigenvalue weighted by Crippen LogP contribution is -1.96. The van der Waals surface area contributed by atoms with Crippen LogP contribution < -0.4 is 0 Å². The Morgan fingerprint density at radius 2 is 1.86 bits per heavy atom. The van der Waals surface area contributed by atoms with Crippen LogP contribution in [-0.4, -0.2) is 20.6 Å². The van der Waals surface area contributed by atoms with Crippen LogP contribution >= 0.6 is 0 Å². The van der Waals surface area contributed by atoms with Crippen LogP contribution in [0.2, 0.25) is 0 Å². The van der Waals surface area contributed by atoms with Crippen molar-refractivity contribution < 1.29 is 9.90 Å². The monoisotopic (exact) mass is 280 g/mol. The number of imidazole rings is 1. The molecule has 0 amide bonds. The maximum Gasteiger partial charge on any atom is 0.335 e. The van der Waals surface area contributed by atoms with Gasteiger partial charge in [-0.2, -0.15) is 0 Å². The zero-order valence-electron chi connectivity index (χ0n) is 12.2. The fraction of sp³-hybridized carbons (Fsp3) is 0.176. The molecule has 4 heteroatoms. The summed E-state index contributed by atoms with van der Waals surface area (Å²) in [5.41, 5.74) is 5.37. The summed E-state index contributed by atoms with van der Waals surface area (Å²) in [6.07, 6.45) is 0. The van der Waals surface area contributed by atoms with Gasteiger partial charge in [0, 0.05) is 12.6 Å². The highest BCUT2D eigenvalue weighted by molar-refractivity contribution is 5.93. The van der Waals surface area contributed by atoms with Gasteiger partial charge in [0.05, 0.1) is 16.6 Å². The predicted molar refractivity (Wildman–Crippen MR) is 82.6 cm³/mol. The lowest BCUT2D eigenvalue weighted by Gasteiger charge is -2.05. The summed E-state index contributed by atoms with van der Waals surface area (Å²) in [5, 5.41) is 9.07. The van der Waals surface area contributed by atoms with Crippen molar-refractivity contribution in [2.75, 3.05) is 0 Å². The molecule has 0 bridgehead atoms. The van der Waals surface area contributed by atoms with Gasteiger partial charge in [-0.3, -0.25) is 0 Å². The molecule has 1 N–H and O–H groups in total. The highest BCUT2D eigenvalue weighted by Gasteiger charge is 2.12. The minimum absolute atomic E-state index is 0.257. The van der Waals surface area contributed by atoms with Crippen LogP contribution in [0.15, 0.2) is 36.4 Å². The van der Waals surface area contributed by atoms with Crippen LogP contribution in [0.25, 0.3) is 22.4 Å². The summed E-state index contributed by atoms with van der Waals surface area (Å²) in [7, 11) is 1.94. The number of fused-ring (bicyclic) bond motifs is 1. The largest absolute Gasteiger partial charge is 0.478 e. The summed E-state index contributed by atoms with van der Waals surface area (Å²) < 4.78 is 1.99. The van der Waals surface area contributed by atoms with Gasteiger partial charge in [0.1, 0.15) is 5.82 Å². The molecule has 0 aliphatic carbocycles. The normalized spacial score (nSPS) is 11.0. The Bertz CT molecular complexity index is 863. The minimum atomic E-state index is -0.935. The average molecular weight is 280 g/mol. The Morgan fingerprint density at radius 1 is 1.10 bits per heavy atom. The molecule has 2 aromatic carbocycles. The molecule has 1 aromatic heterocycles. The molecule has 1 heterocycles. The fourth-order valence-corrected chi connectivity index (χ4v) is 2.47. The van der Waals surface area contributed by atoms with E-state index in [0.717, 1.165) is 16.9 Å². The summed E-state index contributed by atoms with van der Waals surface area (Å²) in [4.78, 5) is 15.6. The molecule has 0 spiro atoms. The number of hydrogen-bond donors (Lipinski definition) is 1. The Morgan fingerprint density at radius 3 is 2.52 bits per heavy atom. The van der Waals surface area contributed by atoms with Crippen molar-refractivity contribution in [2.45, 2.75) is 13.8 Å². The molecule has 0 unspecified atom stereocenters. The van der Waals surface area contributed by atoms with Crippen molar-refractivity contribution in [1.29, 1.82) is 0 Å². The molecule has 0 aliphatic heterocycles. The van der Waals surface area contributed by atoms with Crippen LogP contribution in [0, 0.1) is 13.8 Å². The summed E-state index contributed by atoms with van der Waals surface area (Å²) in [6, 6.07) is 11.2. The highest BCUT2D eigenvalue weighted by Crippen LogP contribution is 2.26. The van der Waals surface area contributed by atoms with Crippen LogP contribution in [0.3, 0.4) is 0 Å². The Kier molecular flexibility index (Phi) is 3.01. The van der Waals surface area contributed by atoms with Crippen LogP contribution in [-0.2, 0) is 7.05 Å². The molecule has 3 aromatic rings. The second kappa shape index (κ2) is 4.74. The van der Waals surface area contributed by atoms with Gasteiger partial charge >= 0.3 is 5.97 Å². The van der Waals surface area contributed by atoms with Gasteiger partial charge in [0.25, 0.3) is 0 Å². The number of hydrogen-bond acceptors (Lipinski definition) is 2. The van der Waals surface area contributed by atoms with E-state index in [2.05, 4.69) is 31.0 Å². The van der Waals surface area contributed by atoms with Gasteiger partial charge in [-0.05, 0) is 49.2 Å². The number of carboxylic acids is 1. The summed E-state index contributed by atoms with van der Waals surface area (Å²) in [6.45, 7) is 4.15. The fourth-order valence-electron chi connectivity index (χ4n) is 2.47. The number of benzene rings is 2. The van der Waals surface area contributed by atoms with E-state index in [-0.39, 0.29) is 5.56 Å². The van der Waals surface area contributed by atoms with Gasteiger partial charge in [-0.15, -0.1) is 0 Å². The third kappa shape index (κ3) is 2.18. The molecule has 0 aliphatic rings. The van der Waals surface area contributed by atoms with E-state index in [1.165, 1.54) is 11.1 Å². The number of nitrogens with zero attached hydrogens (tertiary/aromatic N) is 2. The molecule has 106 valence electrons. The van der Waals surface area contributed by atoms with Gasteiger partial charge < -0.3 is 9.67 Å². The van der Waals surface area contributed by atoms with Crippen LogP contribution in [0.5, 0.6) is 0 Å². The number of aromatic nitrogens is 2. The molecule has 4 nitrogen and oxygen atoms in total. The van der Waals surface area contributed by atoms with Crippen molar-refractivity contribution in [2.24, 2.45) is 7.05 Å². The maximum absolute atomic E-state index is 11.1. The average Bonchev–Trinajstić information content (AvgIpc) is 2.78. The molecule has 0 atom stereocenters. The summed E-state index contributed by atoms with van der Waals surface area (Å²) in [5.74, 6) is -0.0917. The lowest BCUT2D eigenvalue weighted by atomic mass is 10.1. The SMILES string of the molecule is Cc1ccc(-c2nc3cc(C(=O)O)ccc3n2C)cc1C. The topological polar surface area (TPSA) is 55.1 Å². The number of aromatic carboxylic acids is 1. The second-order valence-corrected chi connectivity index (χ2v) is 5.30. The standard InChI is InChI=1S/C17H16N2O2/c1-10-4-5-12(8-11(10)2)16-18-14-9-13(17(20)21)6-7-15(14)19(16)3/h4-9H,1-3H3,(H,20,21). The first kappa shape index (κ1) is 13.4. The van der Waals surface area contributed by atoms with Gasteiger partial charge in [0.15, 0.2) is 0 Å². The minimum Gasteiger partial charge on any atom is -0.478 e. The maximum atomic E-state index is 11.1. The first-order valence-corrected chi connectivity index (χ1v) is 6.75. The first-order valence-electron chi connectivity index (χ1n) is 6.75. The van der Waals surface area contributed by atoms with Crippen LogP contribution in [0.1, 0.15) is 21.5 Å². The Balaban J connectivity index is 2.21. The zero-order chi connectivity index (χ0) is 15.1. The molecule has 0 radical (unpaired) electrons. The first-order chi connectivity index (χ1) is 9.97. The second-order valence-electron chi connectivity index (χ2n) is 5.30. The molecular weight excluding hydrogens is 264 g/mol. The quantitative estimate of drug-likeness (QED) is 0.781. The number of carbonyl (C=O) groups is 1. The lowest BCUT2D eigenvalue weighted by molar-refractivity contribution is 0.0697. The molecule has 21 heavy (non-hydrogen) atoms. The molecular formula is C17H16N2O2.